The van der Waals surface area contributed by atoms with E-state index in [9.17, 15) is 0 Å². The van der Waals surface area contributed by atoms with E-state index in [0.717, 1.165) is 0 Å². The molecule has 1 rings (SSSR count). The molecule has 0 saturated carbocycles. The monoisotopic (exact) mass is 167 g/mol. The summed E-state index contributed by atoms with van der Waals surface area (Å²) in [5.41, 5.74) is 6.37. The van der Waals surface area contributed by atoms with Crippen molar-refractivity contribution in [3.05, 3.63) is 28.5 Å². The average Bonchev–Trinajstić information content (AvgIpc) is 2.04. The lowest BCUT2D eigenvalue weighted by Gasteiger charge is -1.97. The minimum Gasteiger partial charge on any atom is -0.326 e. The Morgan fingerprint density at radius 2 is 2.45 bits per heavy atom. The Morgan fingerprint density at radius 3 is 3.00 bits per heavy atom. The van der Waals surface area contributed by atoms with Crippen molar-refractivity contribution in [1.82, 2.24) is 4.98 Å². The van der Waals surface area contributed by atoms with Gasteiger partial charge in [-0.25, -0.2) is 4.98 Å². The van der Waals surface area contributed by atoms with Crippen LogP contribution in [0, 0.1) is 11.3 Å². The van der Waals surface area contributed by atoms with E-state index in [-0.39, 0.29) is 6.54 Å². The number of nitriles is 1. The van der Waals surface area contributed by atoms with Crippen molar-refractivity contribution >= 4 is 11.6 Å². The van der Waals surface area contributed by atoms with Crippen molar-refractivity contribution in [3.8, 4) is 6.07 Å². The molecule has 0 amide bonds. The van der Waals surface area contributed by atoms with Gasteiger partial charge in [0, 0.05) is 18.3 Å². The first-order chi connectivity index (χ1) is 5.27. The van der Waals surface area contributed by atoms with E-state index in [1.54, 1.807) is 6.07 Å². The maximum absolute atomic E-state index is 8.53. The summed E-state index contributed by atoms with van der Waals surface area (Å²) in [5.74, 6) is 0. The lowest BCUT2D eigenvalue weighted by molar-refractivity contribution is 1.03. The highest BCUT2D eigenvalue weighted by molar-refractivity contribution is 6.30. The highest BCUT2D eigenvalue weighted by atomic mass is 35.5. The van der Waals surface area contributed by atoms with Crippen LogP contribution in [-0.4, -0.2) is 4.98 Å². The van der Waals surface area contributed by atoms with Gasteiger partial charge in [-0.3, -0.25) is 0 Å². The van der Waals surface area contributed by atoms with Crippen LogP contribution in [-0.2, 0) is 6.54 Å². The molecule has 0 aromatic carbocycles. The predicted molar refractivity (Wildman–Crippen MR) is 41.9 cm³/mol. The van der Waals surface area contributed by atoms with Gasteiger partial charge in [0.15, 0.2) is 0 Å². The number of halogens is 1. The summed E-state index contributed by atoms with van der Waals surface area (Å²) < 4.78 is 0. The SMILES string of the molecule is N#Cc1ncc(Cl)cc1CN. The van der Waals surface area contributed by atoms with Gasteiger partial charge in [0.25, 0.3) is 0 Å². The first kappa shape index (κ1) is 7.99. The van der Waals surface area contributed by atoms with Crippen LogP contribution in [0.4, 0.5) is 0 Å². The zero-order chi connectivity index (χ0) is 8.27. The zero-order valence-electron chi connectivity index (χ0n) is 5.71. The normalized spacial score (nSPS) is 9.18. The minimum absolute atomic E-state index is 0.288. The third-order valence-electron chi connectivity index (χ3n) is 1.26. The molecule has 0 aliphatic heterocycles. The molecule has 0 unspecified atom stereocenters. The summed E-state index contributed by atoms with van der Waals surface area (Å²) in [6.45, 7) is 0.288. The Balaban J connectivity index is 3.19. The van der Waals surface area contributed by atoms with Gasteiger partial charge < -0.3 is 5.73 Å². The standard InChI is InChI=1S/C7H6ClN3/c8-6-1-5(2-9)7(3-10)11-4-6/h1,4H,2,9H2. The Bertz CT molecular complexity index is 303. The molecule has 4 heteroatoms. The van der Waals surface area contributed by atoms with E-state index in [4.69, 9.17) is 22.6 Å². The molecule has 11 heavy (non-hydrogen) atoms. The summed E-state index contributed by atoms with van der Waals surface area (Å²) in [6.07, 6.45) is 1.43. The quantitative estimate of drug-likeness (QED) is 0.681. The van der Waals surface area contributed by atoms with Crippen molar-refractivity contribution in [2.45, 2.75) is 6.54 Å². The van der Waals surface area contributed by atoms with E-state index in [0.29, 0.717) is 16.3 Å². The number of hydrogen-bond acceptors (Lipinski definition) is 3. The topological polar surface area (TPSA) is 62.7 Å². The number of nitrogens with two attached hydrogens (primary N) is 1. The van der Waals surface area contributed by atoms with E-state index < -0.39 is 0 Å². The molecule has 2 N–H and O–H groups in total. The molecule has 0 fully saturated rings. The fourth-order valence-corrected chi connectivity index (χ4v) is 0.918. The molecule has 0 radical (unpaired) electrons. The highest BCUT2D eigenvalue weighted by Gasteiger charge is 2.00. The molecule has 0 bridgehead atoms. The second-order valence-electron chi connectivity index (χ2n) is 1.98. The van der Waals surface area contributed by atoms with Crippen LogP contribution in [0.1, 0.15) is 11.3 Å². The van der Waals surface area contributed by atoms with Gasteiger partial charge in [-0.2, -0.15) is 5.26 Å². The van der Waals surface area contributed by atoms with Crippen molar-refractivity contribution in [2.75, 3.05) is 0 Å². The lowest BCUT2D eigenvalue weighted by atomic mass is 10.2. The maximum Gasteiger partial charge on any atom is 0.145 e. The van der Waals surface area contributed by atoms with Crippen molar-refractivity contribution in [2.24, 2.45) is 5.73 Å². The number of pyridine rings is 1. The Labute approximate surface area is 69.4 Å². The molecule has 0 atom stereocenters. The second-order valence-corrected chi connectivity index (χ2v) is 2.41. The summed E-state index contributed by atoms with van der Waals surface area (Å²) in [6, 6.07) is 3.57. The van der Waals surface area contributed by atoms with Gasteiger partial charge in [-0.05, 0) is 6.07 Å². The molecule has 0 aliphatic carbocycles. The number of rotatable bonds is 1. The van der Waals surface area contributed by atoms with Gasteiger partial charge in [0.2, 0.25) is 0 Å². The predicted octanol–water partition coefficient (Wildman–Crippen LogP) is 1.07. The maximum atomic E-state index is 8.53. The van der Waals surface area contributed by atoms with E-state index in [1.165, 1.54) is 6.20 Å². The van der Waals surface area contributed by atoms with Crippen molar-refractivity contribution in [1.29, 1.82) is 5.26 Å². The van der Waals surface area contributed by atoms with Gasteiger partial charge in [-0.15, -0.1) is 0 Å². The smallest absolute Gasteiger partial charge is 0.145 e. The molecule has 0 spiro atoms. The van der Waals surface area contributed by atoms with Crippen molar-refractivity contribution in [3.63, 3.8) is 0 Å². The first-order valence-electron chi connectivity index (χ1n) is 3.02. The molecule has 1 heterocycles. The van der Waals surface area contributed by atoms with E-state index in [2.05, 4.69) is 4.98 Å². The molecule has 0 saturated heterocycles. The highest BCUT2D eigenvalue weighted by Crippen LogP contribution is 2.11. The Hall–Kier alpha value is -1.11. The Kier molecular flexibility index (Phi) is 2.42. The molecular weight excluding hydrogens is 162 g/mol. The summed E-state index contributed by atoms with van der Waals surface area (Å²) >= 11 is 5.63. The van der Waals surface area contributed by atoms with Gasteiger partial charge in [0.05, 0.1) is 5.02 Å². The molecule has 3 nitrogen and oxygen atoms in total. The van der Waals surface area contributed by atoms with Crippen LogP contribution in [0.5, 0.6) is 0 Å². The second kappa shape index (κ2) is 3.33. The third-order valence-corrected chi connectivity index (χ3v) is 1.47. The fraction of sp³-hybridized carbons (Fsp3) is 0.143. The van der Waals surface area contributed by atoms with Gasteiger partial charge in [0.1, 0.15) is 11.8 Å². The van der Waals surface area contributed by atoms with Gasteiger partial charge >= 0.3 is 0 Å². The van der Waals surface area contributed by atoms with Crippen LogP contribution >= 0.6 is 11.6 Å². The minimum atomic E-state index is 0.288. The summed E-state index contributed by atoms with van der Waals surface area (Å²) in [4.78, 5) is 3.79. The van der Waals surface area contributed by atoms with Crippen LogP contribution in [0.25, 0.3) is 0 Å². The number of aromatic nitrogens is 1. The van der Waals surface area contributed by atoms with Crippen LogP contribution < -0.4 is 5.73 Å². The molecule has 56 valence electrons. The van der Waals surface area contributed by atoms with E-state index >= 15 is 0 Å². The van der Waals surface area contributed by atoms with E-state index in [1.807, 2.05) is 6.07 Å². The Morgan fingerprint density at radius 1 is 1.73 bits per heavy atom. The lowest BCUT2D eigenvalue weighted by Crippen LogP contribution is -2.00. The van der Waals surface area contributed by atoms with Gasteiger partial charge in [-0.1, -0.05) is 11.6 Å². The first-order valence-corrected chi connectivity index (χ1v) is 3.40. The molecule has 1 aromatic heterocycles. The fourth-order valence-electron chi connectivity index (χ4n) is 0.737. The number of hydrogen-bond donors (Lipinski definition) is 1. The molecule has 1 aromatic rings. The summed E-state index contributed by atoms with van der Waals surface area (Å²) in [7, 11) is 0. The third kappa shape index (κ3) is 1.67. The van der Waals surface area contributed by atoms with Crippen molar-refractivity contribution < 1.29 is 0 Å². The van der Waals surface area contributed by atoms with Crippen LogP contribution in [0.15, 0.2) is 12.3 Å². The number of nitrogens with zero attached hydrogens (tertiary/aromatic N) is 2. The average molecular weight is 168 g/mol. The van der Waals surface area contributed by atoms with Crippen LogP contribution in [0.2, 0.25) is 5.02 Å². The molecular formula is C7H6ClN3. The van der Waals surface area contributed by atoms with Crippen LogP contribution in [0.3, 0.4) is 0 Å². The summed E-state index contributed by atoms with van der Waals surface area (Å²) in [5, 5.41) is 9.03. The largest absolute Gasteiger partial charge is 0.326 e. The zero-order valence-corrected chi connectivity index (χ0v) is 6.47. The molecule has 0 aliphatic rings.